The zero-order valence-electron chi connectivity index (χ0n) is 15.4. The van der Waals surface area contributed by atoms with Crippen molar-refractivity contribution in [3.05, 3.63) is 62.9 Å². The van der Waals surface area contributed by atoms with Gasteiger partial charge in [-0.25, -0.2) is 4.79 Å². The smallest absolute Gasteiger partial charge is 0.330 e. The molecule has 1 heterocycles. The summed E-state index contributed by atoms with van der Waals surface area (Å²) in [5.74, 6) is -1.35. The summed E-state index contributed by atoms with van der Waals surface area (Å²) in [4.78, 5) is 12.0. The van der Waals surface area contributed by atoms with Gasteiger partial charge in [0.15, 0.2) is 0 Å². The lowest BCUT2D eigenvalue weighted by Gasteiger charge is -2.22. The molecule has 0 saturated carbocycles. The van der Waals surface area contributed by atoms with E-state index in [9.17, 15) is 15.3 Å². The molecule has 0 bridgehead atoms. The first-order chi connectivity index (χ1) is 12.9. The second-order valence-electron chi connectivity index (χ2n) is 6.25. The average Bonchev–Trinajstić information content (AvgIpc) is 3.12. The minimum Gasteiger partial charge on any atom is -0.350 e. The number of amides is 2. The number of thiophene rings is 1. The van der Waals surface area contributed by atoms with Crippen LogP contribution in [0.25, 0.3) is 5.70 Å². The number of primary amides is 1. The van der Waals surface area contributed by atoms with Gasteiger partial charge >= 0.3 is 6.03 Å². The number of carbonyl (C=O) groups excluding carboxylic acids is 1. The molecule has 1 atom stereocenters. The van der Waals surface area contributed by atoms with Crippen molar-refractivity contribution in [1.82, 2.24) is 10.9 Å². The van der Waals surface area contributed by atoms with Crippen LogP contribution in [0.2, 0.25) is 0 Å². The van der Waals surface area contributed by atoms with Gasteiger partial charge in [0.1, 0.15) is 5.92 Å². The Bertz CT molecular complexity index is 897. The van der Waals surface area contributed by atoms with Crippen molar-refractivity contribution in [2.45, 2.75) is 26.7 Å². The number of hydrazine groups is 1. The van der Waals surface area contributed by atoms with Crippen LogP contribution in [0.3, 0.4) is 0 Å². The van der Waals surface area contributed by atoms with Gasteiger partial charge in [0.2, 0.25) is 0 Å². The van der Waals surface area contributed by atoms with Crippen molar-refractivity contribution in [2.24, 2.45) is 11.7 Å². The van der Waals surface area contributed by atoms with Crippen molar-refractivity contribution in [2.75, 3.05) is 0 Å². The largest absolute Gasteiger partial charge is 0.350 e. The Kier molecular flexibility index (Phi) is 6.59. The van der Waals surface area contributed by atoms with E-state index in [1.807, 2.05) is 56.5 Å². The summed E-state index contributed by atoms with van der Waals surface area (Å²) in [5.41, 5.74) is 15.0. The number of allylic oxidation sites excluding steroid dienone is 1. The summed E-state index contributed by atoms with van der Waals surface area (Å²) in [6.45, 7) is 5.96. The number of carbonyl (C=O) groups is 1. The summed E-state index contributed by atoms with van der Waals surface area (Å²) >= 11 is 1.47. The third-order valence-electron chi connectivity index (χ3n) is 4.16. The summed E-state index contributed by atoms with van der Waals surface area (Å²) < 4.78 is 0. The number of nitrogens with one attached hydrogen (secondary N) is 2. The number of nitriles is 2. The number of hydrogen-bond acceptors (Lipinski definition) is 5. The average molecular weight is 379 g/mol. The quantitative estimate of drug-likeness (QED) is 0.665. The molecule has 1 aromatic carbocycles. The number of rotatable bonds is 6. The highest BCUT2D eigenvalue weighted by molar-refractivity contribution is 7.11. The van der Waals surface area contributed by atoms with Gasteiger partial charge in [0, 0.05) is 5.92 Å². The van der Waals surface area contributed by atoms with Crippen molar-refractivity contribution in [1.29, 1.82) is 10.5 Å². The van der Waals surface area contributed by atoms with E-state index in [1.165, 1.54) is 11.3 Å². The van der Waals surface area contributed by atoms with Gasteiger partial charge in [-0.3, -0.25) is 10.9 Å². The second kappa shape index (κ2) is 8.88. The number of aryl methyl sites for hydroxylation is 3. The zero-order chi connectivity index (χ0) is 20.0. The van der Waals surface area contributed by atoms with Gasteiger partial charge in [-0.2, -0.15) is 10.5 Å². The summed E-state index contributed by atoms with van der Waals surface area (Å²) in [5, 5.41) is 21.0. The molecule has 1 aromatic heterocycles. The Hall–Kier alpha value is -3.29. The molecule has 0 radical (unpaired) electrons. The van der Waals surface area contributed by atoms with Crippen molar-refractivity contribution in [3.8, 4) is 12.1 Å². The first-order valence-corrected chi connectivity index (χ1v) is 9.19. The van der Waals surface area contributed by atoms with Crippen LogP contribution in [0.4, 0.5) is 4.79 Å². The predicted octanol–water partition coefficient (Wildman–Crippen LogP) is 3.63. The maximum atomic E-state index is 11.1. The maximum absolute atomic E-state index is 11.1. The molecule has 0 saturated heterocycles. The van der Waals surface area contributed by atoms with Gasteiger partial charge in [0.05, 0.1) is 22.7 Å². The van der Waals surface area contributed by atoms with E-state index in [1.54, 1.807) is 0 Å². The number of benzene rings is 1. The molecular weight excluding hydrogens is 358 g/mol. The molecule has 4 N–H and O–H groups in total. The van der Waals surface area contributed by atoms with Crippen LogP contribution < -0.4 is 16.6 Å². The molecule has 6 nitrogen and oxygen atoms in total. The van der Waals surface area contributed by atoms with Gasteiger partial charge in [-0.15, -0.1) is 11.3 Å². The lowest BCUT2D eigenvalue weighted by molar-refractivity contribution is 0.247. The molecule has 138 valence electrons. The zero-order valence-corrected chi connectivity index (χ0v) is 16.2. The molecule has 0 aliphatic heterocycles. The molecule has 27 heavy (non-hydrogen) atoms. The van der Waals surface area contributed by atoms with E-state index in [0.717, 1.165) is 27.1 Å². The van der Waals surface area contributed by atoms with E-state index >= 15 is 0 Å². The number of nitrogens with two attached hydrogens (primary N) is 1. The molecule has 0 aliphatic carbocycles. The van der Waals surface area contributed by atoms with Crippen LogP contribution >= 0.6 is 11.3 Å². The Morgan fingerprint density at radius 1 is 1.19 bits per heavy atom. The topological polar surface area (TPSA) is 115 Å². The molecule has 2 rings (SSSR count). The lowest BCUT2D eigenvalue weighted by atomic mass is 9.81. The van der Waals surface area contributed by atoms with E-state index in [4.69, 9.17) is 5.73 Å². The van der Waals surface area contributed by atoms with Crippen LogP contribution in [0.15, 0.2) is 35.7 Å². The van der Waals surface area contributed by atoms with Crippen LogP contribution in [0, 0.1) is 49.4 Å². The number of urea groups is 1. The highest BCUT2D eigenvalue weighted by atomic mass is 32.1. The fraction of sp³-hybridized carbons (Fsp3) is 0.250. The van der Waals surface area contributed by atoms with Gasteiger partial charge in [-0.05, 0) is 55.0 Å². The van der Waals surface area contributed by atoms with Crippen LogP contribution in [0.1, 0.15) is 33.0 Å². The van der Waals surface area contributed by atoms with Gasteiger partial charge in [0.25, 0.3) is 0 Å². The monoisotopic (exact) mass is 379 g/mol. The SMILES string of the molecule is Cc1cc(C)c([C@H](/C=C(/NNC(N)=O)c2cccs2)C(C#N)C#N)c(C)c1. The Morgan fingerprint density at radius 2 is 1.81 bits per heavy atom. The summed E-state index contributed by atoms with van der Waals surface area (Å²) in [7, 11) is 0. The Morgan fingerprint density at radius 3 is 2.30 bits per heavy atom. The Labute approximate surface area is 162 Å². The normalized spacial score (nSPS) is 12.1. The number of hydrogen-bond donors (Lipinski definition) is 3. The predicted molar refractivity (Wildman–Crippen MR) is 106 cm³/mol. The number of nitrogens with zero attached hydrogens (tertiary/aromatic N) is 2. The highest BCUT2D eigenvalue weighted by Gasteiger charge is 2.25. The maximum Gasteiger partial charge on any atom is 0.330 e. The standard InChI is InChI=1S/C20H21N5OS/c1-12-7-13(2)19(14(3)8-12)16(15(10-21)11-22)9-17(24-25-20(23)26)18-5-4-6-27-18/h4-9,15-16,24H,1-3H3,(H3,23,25,26)/b17-9+/t16-/m1/s1. The highest BCUT2D eigenvalue weighted by Crippen LogP contribution is 2.34. The fourth-order valence-corrected chi connectivity index (χ4v) is 3.89. The van der Waals surface area contributed by atoms with Crippen LogP contribution in [-0.4, -0.2) is 6.03 Å². The van der Waals surface area contributed by atoms with Crippen LogP contribution in [-0.2, 0) is 0 Å². The first-order valence-electron chi connectivity index (χ1n) is 8.31. The fourth-order valence-electron chi connectivity index (χ4n) is 3.18. The minimum atomic E-state index is -0.879. The lowest BCUT2D eigenvalue weighted by Crippen LogP contribution is -2.40. The van der Waals surface area contributed by atoms with E-state index in [0.29, 0.717) is 5.70 Å². The molecule has 0 spiro atoms. The van der Waals surface area contributed by atoms with Crippen molar-refractivity contribution in [3.63, 3.8) is 0 Å². The molecule has 0 fully saturated rings. The second-order valence-corrected chi connectivity index (χ2v) is 7.19. The summed E-state index contributed by atoms with van der Waals surface area (Å²) in [6, 6.07) is 11.3. The Balaban J connectivity index is 2.62. The molecule has 7 heteroatoms. The van der Waals surface area contributed by atoms with Crippen molar-refractivity contribution < 1.29 is 4.79 Å². The first kappa shape index (κ1) is 20.0. The molecule has 2 amide bonds. The summed E-state index contributed by atoms with van der Waals surface area (Å²) in [6.07, 6.45) is 1.81. The van der Waals surface area contributed by atoms with E-state index in [2.05, 4.69) is 23.0 Å². The van der Waals surface area contributed by atoms with Crippen LogP contribution in [0.5, 0.6) is 0 Å². The molecule has 2 aromatic rings. The third kappa shape index (κ3) is 4.87. The minimum absolute atomic E-state index is 0.472. The van der Waals surface area contributed by atoms with Gasteiger partial charge in [-0.1, -0.05) is 23.8 Å². The van der Waals surface area contributed by atoms with E-state index in [-0.39, 0.29) is 0 Å². The molecule has 0 unspecified atom stereocenters. The van der Waals surface area contributed by atoms with Crippen molar-refractivity contribution >= 4 is 23.1 Å². The third-order valence-corrected chi connectivity index (χ3v) is 5.07. The molecular formula is C20H21N5OS. The van der Waals surface area contributed by atoms with E-state index < -0.39 is 17.9 Å². The molecule has 0 aliphatic rings. The van der Waals surface area contributed by atoms with Gasteiger partial charge < -0.3 is 5.73 Å².